The molecular weight excluding hydrogens is 364 g/mol. The average Bonchev–Trinajstić information content (AvgIpc) is 2.95. The van der Waals surface area contributed by atoms with Crippen molar-refractivity contribution >= 4 is 23.5 Å². The van der Waals surface area contributed by atoms with Crippen molar-refractivity contribution in [2.24, 2.45) is 0 Å². The average molecular weight is 385 g/mol. The highest BCUT2D eigenvalue weighted by molar-refractivity contribution is 7.99. The fourth-order valence-electron chi connectivity index (χ4n) is 3.57. The molecular formula is C17H21F2N3O3S. The van der Waals surface area contributed by atoms with Gasteiger partial charge in [-0.1, -0.05) is 0 Å². The summed E-state index contributed by atoms with van der Waals surface area (Å²) < 4.78 is 34.9. The zero-order valence-electron chi connectivity index (χ0n) is 14.2. The Hall–Kier alpha value is -1.74. The number of hydrogen-bond donors (Lipinski definition) is 1. The van der Waals surface area contributed by atoms with Crippen LogP contribution in [-0.4, -0.2) is 65.9 Å². The number of halogens is 2. The standard InChI is InChI=1S/C17H21F2N3O3S/c18-17(19)24-14-2-1-12(11-15(14)25-17)20-16(23)22-7-5-21(6-8-22)13-3-9-26-10-4-13/h1-2,11,13H,3-10H2,(H,20,23). The molecule has 2 fully saturated rings. The lowest BCUT2D eigenvalue weighted by Gasteiger charge is -2.40. The molecule has 0 atom stereocenters. The summed E-state index contributed by atoms with van der Waals surface area (Å²) in [4.78, 5) is 16.7. The van der Waals surface area contributed by atoms with E-state index in [2.05, 4.69) is 19.7 Å². The number of anilines is 1. The van der Waals surface area contributed by atoms with Crippen LogP contribution < -0.4 is 14.8 Å². The van der Waals surface area contributed by atoms with E-state index in [9.17, 15) is 13.6 Å². The lowest BCUT2D eigenvalue weighted by Crippen LogP contribution is -2.53. The molecule has 1 N–H and O–H groups in total. The molecule has 0 spiro atoms. The van der Waals surface area contributed by atoms with E-state index in [0.29, 0.717) is 24.8 Å². The number of alkyl halides is 2. The fraction of sp³-hybridized carbons (Fsp3) is 0.588. The third kappa shape index (κ3) is 3.83. The number of carbonyl (C=O) groups is 1. The third-order valence-corrected chi connectivity index (χ3v) is 6.01. The number of urea groups is 1. The van der Waals surface area contributed by atoms with E-state index >= 15 is 0 Å². The predicted octanol–water partition coefficient (Wildman–Crippen LogP) is 3.05. The number of benzene rings is 1. The summed E-state index contributed by atoms with van der Waals surface area (Å²) in [6, 6.07) is 4.65. The molecule has 2 saturated heterocycles. The fourth-order valence-corrected chi connectivity index (χ4v) is 4.65. The van der Waals surface area contributed by atoms with Gasteiger partial charge in [0.05, 0.1) is 0 Å². The first-order valence-corrected chi connectivity index (χ1v) is 9.93. The van der Waals surface area contributed by atoms with Gasteiger partial charge in [-0.3, -0.25) is 4.90 Å². The summed E-state index contributed by atoms with van der Waals surface area (Å²) in [5.74, 6) is 2.32. The van der Waals surface area contributed by atoms with Crippen molar-refractivity contribution in [3.8, 4) is 11.5 Å². The number of thioether (sulfide) groups is 1. The van der Waals surface area contributed by atoms with Gasteiger partial charge in [0.15, 0.2) is 11.5 Å². The van der Waals surface area contributed by atoms with E-state index in [-0.39, 0.29) is 17.5 Å². The Morgan fingerprint density at radius 3 is 2.54 bits per heavy atom. The van der Waals surface area contributed by atoms with E-state index in [0.717, 1.165) is 13.1 Å². The number of amides is 2. The van der Waals surface area contributed by atoms with Crippen molar-refractivity contribution in [2.45, 2.75) is 25.2 Å². The molecule has 4 rings (SSSR count). The van der Waals surface area contributed by atoms with Crippen LogP contribution in [0.5, 0.6) is 11.5 Å². The quantitative estimate of drug-likeness (QED) is 0.848. The van der Waals surface area contributed by atoms with Gasteiger partial charge in [-0.25, -0.2) is 4.79 Å². The molecule has 0 aliphatic carbocycles. The summed E-state index contributed by atoms with van der Waals surface area (Å²) >= 11 is 2.01. The van der Waals surface area contributed by atoms with Gasteiger partial charge in [-0.15, -0.1) is 8.78 Å². The monoisotopic (exact) mass is 385 g/mol. The molecule has 6 nitrogen and oxygen atoms in total. The van der Waals surface area contributed by atoms with Gasteiger partial charge >= 0.3 is 12.3 Å². The number of carbonyl (C=O) groups excluding carboxylic acids is 1. The van der Waals surface area contributed by atoms with Crippen LogP contribution in [0.1, 0.15) is 12.8 Å². The maximum atomic E-state index is 13.1. The Morgan fingerprint density at radius 1 is 1.12 bits per heavy atom. The van der Waals surface area contributed by atoms with E-state index in [1.165, 1.54) is 42.5 Å². The van der Waals surface area contributed by atoms with Crippen LogP contribution in [0.15, 0.2) is 18.2 Å². The summed E-state index contributed by atoms with van der Waals surface area (Å²) in [7, 11) is 0. The maximum absolute atomic E-state index is 13.1. The van der Waals surface area contributed by atoms with Crippen molar-refractivity contribution < 1.29 is 23.0 Å². The van der Waals surface area contributed by atoms with E-state index in [1.54, 1.807) is 4.90 Å². The number of nitrogens with zero attached hydrogens (tertiary/aromatic N) is 2. The number of piperazine rings is 1. The Balaban J connectivity index is 1.31. The number of ether oxygens (including phenoxy) is 2. The first-order chi connectivity index (χ1) is 12.5. The molecule has 0 radical (unpaired) electrons. The van der Waals surface area contributed by atoms with Crippen LogP contribution in [0.25, 0.3) is 0 Å². The van der Waals surface area contributed by atoms with Gasteiger partial charge in [0.1, 0.15) is 0 Å². The topological polar surface area (TPSA) is 54.0 Å². The van der Waals surface area contributed by atoms with E-state index in [4.69, 9.17) is 0 Å². The van der Waals surface area contributed by atoms with Gasteiger partial charge in [0.2, 0.25) is 0 Å². The summed E-state index contributed by atoms with van der Waals surface area (Å²) in [6.07, 6.45) is -1.21. The van der Waals surface area contributed by atoms with Gasteiger partial charge in [0, 0.05) is 44.0 Å². The molecule has 1 aromatic rings. The Kier molecular flexibility index (Phi) is 4.83. The molecule has 3 heterocycles. The second-order valence-electron chi connectivity index (χ2n) is 6.63. The molecule has 0 unspecified atom stereocenters. The van der Waals surface area contributed by atoms with Crippen molar-refractivity contribution in [3.05, 3.63) is 18.2 Å². The number of nitrogens with one attached hydrogen (secondary N) is 1. The molecule has 9 heteroatoms. The Labute approximate surface area is 154 Å². The third-order valence-electron chi connectivity index (χ3n) is 4.96. The smallest absolute Gasteiger partial charge is 0.395 e. The zero-order chi connectivity index (χ0) is 18.1. The highest BCUT2D eigenvalue weighted by Crippen LogP contribution is 2.42. The SMILES string of the molecule is O=C(Nc1ccc2c(c1)OC(F)(F)O2)N1CCN(C2CCSCC2)CC1. The van der Waals surface area contributed by atoms with Gasteiger partial charge in [0.25, 0.3) is 0 Å². The molecule has 3 aliphatic rings. The normalized spacial score (nSPS) is 23.1. The summed E-state index contributed by atoms with van der Waals surface area (Å²) in [5, 5.41) is 2.75. The second kappa shape index (κ2) is 7.11. The minimum atomic E-state index is -3.65. The largest absolute Gasteiger partial charge is 0.586 e. The lowest BCUT2D eigenvalue weighted by atomic mass is 10.1. The van der Waals surface area contributed by atoms with Crippen molar-refractivity contribution in [1.29, 1.82) is 0 Å². The lowest BCUT2D eigenvalue weighted by molar-refractivity contribution is -0.286. The van der Waals surface area contributed by atoms with Gasteiger partial charge in [-0.05, 0) is 36.5 Å². The molecule has 1 aromatic carbocycles. The van der Waals surface area contributed by atoms with Crippen molar-refractivity contribution in [3.63, 3.8) is 0 Å². The number of rotatable bonds is 2. The highest BCUT2D eigenvalue weighted by Gasteiger charge is 2.43. The van der Waals surface area contributed by atoms with E-state index in [1.807, 2.05) is 11.8 Å². The Morgan fingerprint density at radius 2 is 1.81 bits per heavy atom. The Bertz CT molecular complexity index is 677. The van der Waals surface area contributed by atoms with Gasteiger partial charge < -0.3 is 19.7 Å². The van der Waals surface area contributed by atoms with Crippen LogP contribution >= 0.6 is 11.8 Å². The first kappa shape index (κ1) is 17.7. The predicted molar refractivity (Wildman–Crippen MR) is 95.2 cm³/mol. The van der Waals surface area contributed by atoms with Crippen LogP contribution in [0.4, 0.5) is 19.3 Å². The molecule has 3 aliphatic heterocycles. The van der Waals surface area contributed by atoms with Gasteiger partial charge in [-0.2, -0.15) is 11.8 Å². The molecule has 142 valence electrons. The van der Waals surface area contributed by atoms with Crippen molar-refractivity contribution in [1.82, 2.24) is 9.80 Å². The number of fused-ring (bicyclic) bond motifs is 1. The first-order valence-electron chi connectivity index (χ1n) is 8.78. The number of hydrogen-bond acceptors (Lipinski definition) is 5. The summed E-state index contributed by atoms with van der Waals surface area (Å²) in [5.41, 5.74) is 0.404. The summed E-state index contributed by atoms with van der Waals surface area (Å²) in [6.45, 7) is 3.07. The minimum absolute atomic E-state index is 0.0349. The highest BCUT2D eigenvalue weighted by atomic mass is 32.2. The maximum Gasteiger partial charge on any atom is 0.586 e. The molecule has 2 amide bonds. The van der Waals surface area contributed by atoms with Crippen molar-refractivity contribution in [2.75, 3.05) is 43.0 Å². The molecule has 0 aromatic heterocycles. The van der Waals surface area contributed by atoms with E-state index < -0.39 is 6.29 Å². The second-order valence-corrected chi connectivity index (χ2v) is 7.85. The minimum Gasteiger partial charge on any atom is -0.395 e. The van der Waals surface area contributed by atoms with Crippen LogP contribution in [0.2, 0.25) is 0 Å². The van der Waals surface area contributed by atoms with Crippen LogP contribution in [0.3, 0.4) is 0 Å². The molecule has 0 bridgehead atoms. The molecule has 26 heavy (non-hydrogen) atoms. The van der Waals surface area contributed by atoms with Crippen LogP contribution in [-0.2, 0) is 0 Å². The molecule has 0 saturated carbocycles. The zero-order valence-corrected chi connectivity index (χ0v) is 15.1. The van der Waals surface area contributed by atoms with Crippen LogP contribution in [0, 0.1) is 0 Å².